The van der Waals surface area contributed by atoms with Crippen molar-refractivity contribution in [3.63, 3.8) is 0 Å². The molecule has 1 saturated heterocycles. The van der Waals surface area contributed by atoms with Gasteiger partial charge in [0.15, 0.2) is 5.79 Å². The average Bonchev–Trinajstić information content (AvgIpc) is 2.16. The van der Waals surface area contributed by atoms with Crippen LogP contribution < -0.4 is 0 Å². The van der Waals surface area contributed by atoms with Crippen LogP contribution in [-0.4, -0.2) is 24.3 Å². The van der Waals surface area contributed by atoms with E-state index in [2.05, 4.69) is 6.92 Å². The zero-order valence-electron chi connectivity index (χ0n) is 10.7. The molecule has 3 nitrogen and oxygen atoms in total. The fourth-order valence-electron chi connectivity index (χ4n) is 2.27. The second-order valence-corrected chi connectivity index (χ2v) is 5.01. The average molecular weight is 228 g/mol. The first-order valence-corrected chi connectivity index (χ1v) is 6.36. The van der Waals surface area contributed by atoms with Gasteiger partial charge in [-0.15, -0.1) is 0 Å². The van der Waals surface area contributed by atoms with Gasteiger partial charge in [0.1, 0.15) is 6.29 Å². The summed E-state index contributed by atoms with van der Waals surface area (Å²) in [6.45, 7) is 6.05. The molecule has 0 saturated carbocycles. The Morgan fingerprint density at radius 1 is 1.25 bits per heavy atom. The molecule has 0 spiro atoms. The van der Waals surface area contributed by atoms with Gasteiger partial charge in [-0.25, -0.2) is 0 Å². The minimum Gasteiger partial charge on any atom is -0.347 e. The van der Waals surface area contributed by atoms with Crippen LogP contribution in [0.2, 0.25) is 0 Å². The minimum atomic E-state index is -0.539. The molecule has 0 radical (unpaired) electrons. The predicted molar refractivity (Wildman–Crippen MR) is 63.3 cm³/mol. The number of rotatable bonds is 6. The summed E-state index contributed by atoms with van der Waals surface area (Å²) in [4.78, 5) is 10.5. The molecule has 0 N–H and O–H groups in total. The second kappa shape index (κ2) is 6.36. The van der Waals surface area contributed by atoms with Crippen LogP contribution in [0, 0.1) is 0 Å². The molecule has 94 valence electrons. The monoisotopic (exact) mass is 228 g/mol. The van der Waals surface area contributed by atoms with Crippen LogP contribution in [0.3, 0.4) is 0 Å². The van der Waals surface area contributed by atoms with Crippen LogP contribution in [0.1, 0.15) is 59.3 Å². The lowest BCUT2D eigenvalue weighted by atomic mass is 10.0. The molecule has 0 aliphatic carbocycles. The van der Waals surface area contributed by atoms with Gasteiger partial charge >= 0.3 is 0 Å². The Balaban J connectivity index is 2.41. The number of ether oxygens (including phenoxy) is 2. The third-order valence-electron chi connectivity index (χ3n) is 2.92. The van der Waals surface area contributed by atoms with Gasteiger partial charge in [-0.3, -0.25) is 0 Å². The van der Waals surface area contributed by atoms with Crippen LogP contribution in [0.25, 0.3) is 0 Å². The summed E-state index contributed by atoms with van der Waals surface area (Å²) in [5.74, 6) is -0.539. The highest BCUT2D eigenvalue weighted by molar-refractivity contribution is 5.50. The summed E-state index contributed by atoms with van der Waals surface area (Å²) in [6, 6.07) is 0. The summed E-state index contributed by atoms with van der Waals surface area (Å²) < 4.78 is 11.6. The summed E-state index contributed by atoms with van der Waals surface area (Å²) in [6.07, 6.45) is 7.32. The number of hydrogen-bond acceptors (Lipinski definition) is 3. The maximum atomic E-state index is 10.5. The third kappa shape index (κ3) is 4.62. The summed E-state index contributed by atoms with van der Waals surface area (Å²) in [5.41, 5.74) is 0. The van der Waals surface area contributed by atoms with E-state index < -0.39 is 5.79 Å². The molecule has 2 atom stereocenters. The molecular formula is C13H24O3. The van der Waals surface area contributed by atoms with E-state index in [4.69, 9.17) is 9.47 Å². The van der Waals surface area contributed by atoms with Crippen molar-refractivity contribution in [1.82, 2.24) is 0 Å². The Kier molecular flexibility index (Phi) is 5.42. The van der Waals surface area contributed by atoms with E-state index >= 15 is 0 Å². The van der Waals surface area contributed by atoms with Crippen LogP contribution in [0.4, 0.5) is 0 Å². The fraction of sp³-hybridized carbons (Fsp3) is 0.923. The molecule has 1 fully saturated rings. The molecule has 1 heterocycles. The second-order valence-electron chi connectivity index (χ2n) is 5.01. The van der Waals surface area contributed by atoms with E-state index in [-0.39, 0.29) is 12.2 Å². The van der Waals surface area contributed by atoms with Crippen LogP contribution in [0.15, 0.2) is 0 Å². The van der Waals surface area contributed by atoms with Crippen LogP contribution in [0.5, 0.6) is 0 Å². The highest BCUT2D eigenvalue weighted by atomic mass is 16.7. The van der Waals surface area contributed by atoms with Gasteiger partial charge in [0.2, 0.25) is 0 Å². The van der Waals surface area contributed by atoms with Gasteiger partial charge in [-0.2, -0.15) is 0 Å². The van der Waals surface area contributed by atoms with E-state index in [1.165, 1.54) is 19.3 Å². The Bertz CT molecular complexity index is 213. The molecule has 0 aromatic rings. The van der Waals surface area contributed by atoms with Gasteiger partial charge in [0.05, 0.1) is 12.2 Å². The number of carbonyl (C=O) groups excluding carboxylic acids is 1. The van der Waals surface area contributed by atoms with Crippen molar-refractivity contribution in [3.8, 4) is 0 Å². The first-order valence-electron chi connectivity index (χ1n) is 6.36. The van der Waals surface area contributed by atoms with Crippen LogP contribution in [-0.2, 0) is 14.3 Å². The van der Waals surface area contributed by atoms with Gasteiger partial charge in [-0.1, -0.05) is 26.2 Å². The molecule has 0 amide bonds. The van der Waals surface area contributed by atoms with Gasteiger partial charge in [0.25, 0.3) is 0 Å². The molecule has 1 aliphatic heterocycles. The SMILES string of the molecule is CCCCC[C@@H]1C[C@H](CC=O)OC(C)(C)O1. The molecule has 1 aliphatic rings. The van der Waals surface area contributed by atoms with Gasteiger partial charge in [-0.05, 0) is 20.3 Å². The maximum absolute atomic E-state index is 10.5. The zero-order valence-corrected chi connectivity index (χ0v) is 10.7. The molecule has 0 bridgehead atoms. The largest absolute Gasteiger partial charge is 0.347 e. The van der Waals surface area contributed by atoms with Crippen molar-refractivity contribution >= 4 is 6.29 Å². The Hall–Kier alpha value is -0.410. The number of carbonyl (C=O) groups is 1. The highest BCUT2D eigenvalue weighted by Gasteiger charge is 2.34. The normalized spacial score (nSPS) is 28.9. The minimum absolute atomic E-state index is 0.0351. The van der Waals surface area contributed by atoms with E-state index in [9.17, 15) is 4.79 Å². The number of unbranched alkanes of at least 4 members (excludes halogenated alkanes) is 2. The highest BCUT2D eigenvalue weighted by Crippen LogP contribution is 2.30. The van der Waals surface area contributed by atoms with Crippen molar-refractivity contribution < 1.29 is 14.3 Å². The summed E-state index contributed by atoms with van der Waals surface area (Å²) in [5, 5.41) is 0. The summed E-state index contributed by atoms with van der Waals surface area (Å²) in [7, 11) is 0. The Labute approximate surface area is 98.5 Å². The topological polar surface area (TPSA) is 35.5 Å². The molecule has 1 rings (SSSR count). The lowest BCUT2D eigenvalue weighted by Gasteiger charge is -2.40. The number of hydrogen-bond donors (Lipinski definition) is 0. The number of aldehydes is 1. The van der Waals surface area contributed by atoms with Crippen molar-refractivity contribution in [1.29, 1.82) is 0 Å². The first kappa shape index (κ1) is 13.7. The van der Waals surface area contributed by atoms with Gasteiger partial charge < -0.3 is 14.3 Å². The maximum Gasteiger partial charge on any atom is 0.163 e. The van der Waals surface area contributed by atoms with E-state index in [0.29, 0.717) is 6.42 Å². The van der Waals surface area contributed by atoms with Gasteiger partial charge in [0, 0.05) is 12.8 Å². The molecule has 3 heteroatoms. The Morgan fingerprint density at radius 2 is 1.94 bits per heavy atom. The molecule has 0 aromatic heterocycles. The molecule has 0 unspecified atom stereocenters. The third-order valence-corrected chi connectivity index (χ3v) is 2.92. The first-order chi connectivity index (χ1) is 7.57. The Morgan fingerprint density at radius 3 is 2.56 bits per heavy atom. The molecule has 0 aromatic carbocycles. The van der Waals surface area contributed by atoms with Crippen LogP contribution >= 0.6 is 0 Å². The lowest BCUT2D eigenvalue weighted by molar-refractivity contribution is -0.299. The smallest absolute Gasteiger partial charge is 0.163 e. The zero-order chi connectivity index (χ0) is 12.0. The van der Waals surface area contributed by atoms with E-state index in [1.54, 1.807) is 0 Å². The molecule has 16 heavy (non-hydrogen) atoms. The lowest BCUT2D eigenvalue weighted by Crippen LogP contribution is -2.44. The summed E-state index contributed by atoms with van der Waals surface area (Å²) >= 11 is 0. The van der Waals surface area contributed by atoms with Crippen molar-refractivity contribution in [2.75, 3.05) is 0 Å². The quantitative estimate of drug-likeness (QED) is 0.517. The predicted octanol–water partition coefficient (Wildman–Crippen LogP) is 3.07. The van der Waals surface area contributed by atoms with Crippen molar-refractivity contribution in [3.05, 3.63) is 0 Å². The van der Waals surface area contributed by atoms with E-state index in [1.807, 2.05) is 13.8 Å². The van der Waals surface area contributed by atoms with Crippen molar-refractivity contribution in [2.24, 2.45) is 0 Å². The molecular weight excluding hydrogens is 204 g/mol. The standard InChI is InChI=1S/C13H24O3/c1-4-5-6-7-11-10-12(8-9-14)16-13(2,3)15-11/h9,11-12H,4-8,10H2,1-3H3/t11-,12+/m1/s1. The van der Waals surface area contributed by atoms with E-state index in [0.717, 1.165) is 19.1 Å². The fourth-order valence-corrected chi connectivity index (χ4v) is 2.27. The van der Waals surface area contributed by atoms with Crippen molar-refractivity contribution in [2.45, 2.75) is 77.3 Å².